The van der Waals surface area contributed by atoms with Gasteiger partial charge in [-0.15, -0.1) is 0 Å². The molecule has 20 heavy (non-hydrogen) atoms. The maximum absolute atomic E-state index is 12.1. The normalized spacial score (nSPS) is 19.4. The number of carbonyl (C=O) groups is 2. The molecule has 1 saturated heterocycles. The summed E-state index contributed by atoms with van der Waals surface area (Å²) in [6.45, 7) is 2.43. The molecule has 0 radical (unpaired) electrons. The Morgan fingerprint density at radius 2 is 2.00 bits per heavy atom. The number of nitrogens with one attached hydrogen (secondary N) is 1. The van der Waals surface area contributed by atoms with Crippen molar-refractivity contribution in [3.8, 4) is 0 Å². The number of hydrogen-bond donors (Lipinski definition) is 1. The van der Waals surface area contributed by atoms with Crippen LogP contribution < -0.4 is 10.2 Å². The molecule has 1 aliphatic rings. The predicted molar refractivity (Wildman–Crippen MR) is 72.4 cm³/mol. The Labute approximate surface area is 115 Å². The minimum Gasteiger partial charge on any atom is -0.337 e. The van der Waals surface area contributed by atoms with E-state index in [0.717, 1.165) is 11.3 Å². The van der Waals surface area contributed by atoms with E-state index in [2.05, 4.69) is 5.32 Å². The fraction of sp³-hybridized carbons (Fsp3) is 0.385. The van der Waals surface area contributed by atoms with Crippen LogP contribution in [0.3, 0.4) is 0 Å². The van der Waals surface area contributed by atoms with E-state index in [4.69, 9.17) is 0 Å². The number of nitro groups is 1. The van der Waals surface area contributed by atoms with Crippen molar-refractivity contribution in [1.82, 2.24) is 5.32 Å². The second kappa shape index (κ2) is 5.68. The van der Waals surface area contributed by atoms with Crippen LogP contribution in [-0.2, 0) is 4.79 Å². The zero-order valence-electron chi connectivity index (χ0n) is 11.0. The van der Waals surface area contributed by atoms with E-state index in [0.29, 0.717) is 12.2 Å². The molecule has 1 aromatic rings. The van der Waals surface area contributed by atoms with Crippen molar-refractivity contribution in [3.05, 3.63) is 34.4 Å². The standard InChI is InChI=1S/C13H15N3O4/c1-2-9-7-12(17)15(13(18)14-8-9)10-3-5-11(6-4-10)16(19)20/h3-6,9H,2,7-8H2,1H3,(H,14,18). The van der Waals surface area contributed by atoms with E-state index < -0.39 is 11.0 Å². The van der Waals surface area contributed by atoms with Crippen molar-refractivity contribution >= 4 is 23.3 Å². The summed E-state index contributed by atoms with van der Waals surface area (Å²) in [6, 6.07) is 4.87. The molecule has 0 spiro atoms. The van der Waals surface area contributed by atoms with Crippen LogP contribution in [-0.4, -0.2) is 23.4 Å². The molecule has 1 N–H and O–H groups in total. The first kappa shape index (κ1) is 14.0. The summed E-state index contributed by atoms with van der Waals surface area (Å²) in [5.41, 5.74) is 0.262. The minimum absolute atomic E-state index is 0.0807. The number of amides is 3. The largest absolute Gasteiger partial charge is 0.337 e. The third kappa shape index (κ3) is 2.76. The summed E-state index contributed by atoms with van der Waals surface area (Å²) in [7, 11) is 0. The van der Waals surface area contributed by atoms with Gasteiger partial charge in [-0.05, 0) is 18.1 Å². The summed E-state index contributed by atoms with van der Waals surface area (Å²) in [4.78, 5) is 35.2. The van der Waals surface area contributed by atoms with Gasteiger partial charge in [0.05, 0.1) is 10.6 Å². The number of carbonyl (C=O) groups excluding carboxylic acids is 2. The lowest BCUT2D eigenvalue weighted by atomic mass is 10.0. The number of non-ortho nitro benzene ring substituents is 1. The molecule has 0 bridgehead atoms. The van der Waals surface area contributed by atoms with Crippen LogP contribution >= 0.6 is 0 Å². The SMILES string of the molecule is CCC1CNC(=O)N(c2ccc([N+](=O)[O-])cc2)C(=O)C1. The number of anilines is 1. The van der Waals surface area contributed by atoms with Gasteiger partial charge < -0.3 is 5.32 Å². The van der Waals surface area contributed by atoms with Crippen LogP contribution in [0.15, 0.2) is 24.3 Å². The summed E-state index contributed by atoms with van der Waals surface area (Å²) in [5.74, 6) is -0.171. The Balaban J connectivity index is 2.27. The highest BCUT2D eigenvalue weighted by molar-refractivity contribution is 6.14. The lowest BCUT2D eigenvalue weighted by Crippen LogP contribution is -2.41. The summed E-state index contributed by atoms with van der Waals surface area (Å²) in [6.07, 6.45) is 1.09. The van der Waals surface area contributed by atoms with Gasteiger partial charge in [-0.25, -0.2) is 9.69 Å². The summed E-state index contributed by atoms with van der Waals surface area (Å²) in [5, 5.41) is 13.3. The Morgan fingerprint density at radius 3 is 2.55 bits per heavy atom. The fourth-order valence-corrected chi connectivity index (χ4v) is 2.11. The first-order valence-corrected chi connectivity index (χ1v) is 6.38. The molecule has 1 atom stereocenters. The van der Waals surface area contributed by atoms with Crippen molar-refractivity contribution in [3.63, 3.8) is 0 Å². The second-order valence-corrected chi connectivity index (χ2v) is 4.67. The van der Waals surface area contributed by atoms with E-state index in [1.165, 1.54) is 24.3 Å². The lowest BCUT2D eigenvalue weighted by molar-refractivity contribution is -0.384. The highest BCUT2D eigenvalue weighted by Gasteiger charge is 2.29. The topological polar surface area (TPSA) is 92.6 Å². The third-order valence-corrected chi connectivity index (χ3v) is 3.35. The fourth-order valence-electron chi connectivity index (χ4n) is 2.11. The Morgan fingerprint density at radius 1 is 1.35 bits per heavy atom. The van der Waals surface area contributed by atoms with Crippen molar-refractivity contribution in [2.45, 2.75) is 19.8 Å². The highest BCUT2D eigenvalue weighted by atomic mass is 16.6. The van der Waals surface area contributed by atoms with Gasteiger partial charge in [0.2, 0.25) is 5.91 Å². The number of nitro benzene ring substituents is 1. The quantitative estimate of drug-likeness (QED) is 0.676. The monoisotopic (exact) mass is 277 g/mol. The van der Waals surface area contributed by atoms with Gasteiger partial charge in [-0.3, -0.25) is 14.9 Å². The van der Waals surface area contributed by atoms with E-state index in [-0.39, 0.29) is 23.9 Å². The summed E-state index contributed by atoms with van der Waals surface area (Å²) < 4.78 is 0. The van der Waals surface area contributed by atoms with Crippen molar-refractivity contribution < 1.29 is 14.5 Å². The molecule has 1 heterocycles. The maximum atomic E-state index is 12.1. The van der Waals surface area contributed by atoms with Crippen LogP contribution in [0.25, 0.3) is 0 Å². The van der Waals surface area contributed by atoms with E-state index >= 15 is 0 Å². The van der Waals surface area contributed by atoms with Crippen molar-refractivity contribution in [2.24, 2.45) is 5.92 Å². The smallest absolute Gasteiger partial charge is 0.328 e. The van der Waals surface area contributed by atoms with Crippen LogP contribution in [0.4, 0.5) is 16.2 Å². The number of imide groups is 1. The minimum atomic E-state index is -0.527. The van der Waals surface area contributed by atoms with E-state index in [1.807, 2.05) is 6.92 Å². The maximum Gasteiger partial charge on any atom is 0.328 e. The molecule has 0 saturated carbocycles. The molecule has 1 fully saturated rings. The molecular formula is C13H15N3O4. The third-order valence-electron chi connectivity index (χ3n) is 3.35. The Kier molecular flexibility index (Phi) is 3.97. The van der Waals surface area contributed by atoms with E-state index in [9.17, 15) is 19.7 Å². The van der Waals surface area contributed by atoms with Gasteiger partial charge in [0.1, 0.15) is 0 Å². The number of rotatable bonds is 3. The van der Waals surface area contributed by atoms with Gasteiger partial charge in [0.25, 0.3) is 5.69 Å². The molecule has 106 valence electrons. The number of benzene rings is 1. The van der Waals surface area contributed by atoms with E-state index in [1.54, 1.807) is 0 Å². The van der Waals surface area contributed by atoms with Gasteiger partial charge in [-0.2, -0.15) is 0 Å². The van der Waals surface area contributed by atoms with Gasteiger partial charge >= 0.3 is 6.03 Å². The average Bonchev–Trinajstić information content (AvgIpc) is 2.57. The first-order chi connectivity index (χ1) is 9.52. The van der Waals surface area contributed by atoms with Crippen molar-refractivity contribution in [2.75, 3.05) is 11.4 Å². The number of urea groups is 1. The van der Waals surface area contributed by atoms with Crippen LogP contribution in [0, 0.1) is 16.0 Å². The first-order valence-electron chi connectivity index (χ1n) is 6.38. The average molecular weight is 277 g/mol. The summed E-state index contributed by atoms with van der Waals surface area (Å²) >= 11 is 0. The van der Waals surface area contributed by atoms with Crippen LogP contribution in [0.2, 0.25) is 0 Å². The predicted octanol–water partition coefficient (Wildman–Crippen LogP) is 2.07. The van der Waals surface area contributed by atoms with Gasteiger partial charge in [0, 0.05) is 25.1 Å². The van der Waals surface area contributed by atoms with Gasteiger partial charge in [0.15, 0.2) is 0 Å². The molecule has 1 aliphatic heterocycles. The Bertz CT molecular complexity index is 541. The van der Waals surface area contributed by atoms with Crippen LogP contribution in [0.1, 0.15) is 19.8 Å². The molecular weight excluding hydrogens is 262 g/mol. The molecule has 1 unspecified atom stereocenters. The second-order valence-electron chi connectivity index (χ2n) is 4.67. The highest BCUT2D eigenvalue weighted by Crippen LogP contribution is 2.23. The zero-order chi connectivity index (χ0) is 14.7. The number of hydrogen-bond acceptors (Lipinski definition) is 4. The molecule has 2 rings (SSSR count). The van der Waals surface area contributed by atoms with Crippen LogP contribution in [0.5, 0.6) is 0 Å². The molecule has 0 aliphatic carbocycles. The molecule has 1 aromatic carbocycles. The Hall–Kier alpha value is -2.44. The van der Waals surface area contributed by atoms with Gasteiger partial charge in [-0.1, -0.05) is 13.3 Å². The molecule has 3 amide bonds. The van der Waals surface area contributed by atoms with Crippen molar-refractivity contribution in [1.29, 1.82) is 0 Å². The molecule has 7 heteroatoms. The molecule has 0 aromatic heterocycles. The zero-order valence-corrected chi connectivity index (χ0v) is 11.0. The lowest BCUT2D eigenvalue weighted by Gasteiger charge is -2.18. The number of nitrogens with zero attached hydrogens (tertiary/aromatic N) is 2. The molecule has 7 nitrogen and oxygen atoms in total.